The van der Waals surface area contributed by atoms with Gasteiger partial charge in [-0.1, -0.05) is 0 Å². The van der Waals surface area contributed by atoms with E-state index in [-0.39, 0.29) is 24.0 Å². The molecule has 0 aliphatic heterocycles. The van der Waals surface area contributed by atoms with Crippen LogP contribution in [0.2, 0.25) is 0 Å². The Bertz CT molecular complexity index is 713. The van der Waals surface area contributed by atoms with Crippen LogP contribution in [-0.2, 0) is 20.1 Å². The summed E-state index contributed by atoms with van der Waals surface area (Å²) in [6.07, 6.45) is 3.89. The summed E-state index contributed by atoms with van der Waals surface area (Å²) in [5, 5.41) is 3.41. The topological polar surface area (TPSA) is 48.7 Å². The van der Waals surface area contributed by atoms with Gasteiger partial charge in [-0.3, -0.25) is 4.99 Å². The van der Waals surface area contributed by atoms with E-state index in [9.17, 15) is 0 Å². The van der Waals surface area contributed by atoms with Crippen molar-refractivity contribution in [1.29, 1.82) is 0 Å². The van der Waals surface area contributed by atoms with E-state index in [1.165, 1.54) is 11.3 Å². The van der Waals surface area contributed by atoms with Crippen molar-refractivity contribution in [3.63, 3.8) is 0 Å². The van der Waals surface area contributed by atoms with E-state index >= 15 is 0 Å². The predicted molar refractivity (Wildman–Crippen MR) is 119 cm³/mol. The number of pyridine rings is 1. The minimum atomic E-state index is 0. The lowest BCUT2D eigenvalue weighted by Crippen LogP contribution is -2.38. The molecule has 0 spiro atoms. The summed E-state index contributed by atoms with van der Waals surface area (Å²) in [7, 11) is 9.87. The maximum atomic E-state index is 4.38. The summed E-state index contributed by atoms with van der Waals surface area (Å²) in [4.78, 5) is 12.8. The lowest BCUT2D eigenvalue weighted by Gasteiger charge is -2.22. The number of halogens is 2. The number of aryl methyl sites for hydroxylation is 1. The molecule has 8 heteroatoms. The minimum absolute atomic E-state index is 0. The van der Waals surface area contributed by atoms with E-state index in [0.717, 1.165) is 22.8 Å². The average molecular weight is 521 g/mol. The molecule has 138 valence electrons. The van der Waals surface area contributed by atoms with Gasteiger partial charge in [0, 0.05) is 64.3 Å². The highest BCUT2D eigenvalue weighted by Gasteiger charge is 2.10. The molecule has 0 atom stereocenters. The van der Waals surface area contributed by atoms with Crippen LogP contribution in [0, 0.1) is 0 Å². The Kier molecular flexibility index (Phi) is 8.70. The van der Waals surface area contributed by atoms with Crippen LogP contribution in [0.15, 0.2) is 40.1 Å². The van der Waals surface area contributed by atoms with Crippen LogP contribution in [0.5, 0.6) is 0 Å². The van der Waals surface area contributed by atoms with Crippen LogP contribution in [0.3, 0.4) is 0 Å². The third kappa shape index (κ3) is 6.18. The molecule has 0 aromatic carbocycles. The van der Waals surface area contributed by atoms with Gasteiger partial charge in [0.15, 0.2) is 5.96 Å². The van der Waals surface area contributed by atoms with Gasteiger partial charge < -0.3 is 19.7 Å². The highest BCUT2D eigenvalue weighted by Crippen LogP contribution is 2.15. The third-order valence-corrected chi connectivity index (χ3v) is 4.20. The zero-order chi connectivity index (χ0) is 17.7. The minimum Gasteiger partial charge on any atom is -0.363 e. The normalized spacial score (nSPS) is 11.0. The standard InChI is InChI=1S/C17H25BrN6.HI/c1-19-17(24(5)12-15-9-14(18)11-23(15)4)21-10-13-6-7-20-16(8-13)22(2)3;/h6-9,11H,10,12H2,1-5H3,(H,19,21);1H. The van der Waals surface area contributed by atoms with Crippen molar-refractivity contribution in [2.45, 2.75) is 13.1 Å². The fraction of sp³-hybridized carbons (Fsp3) is 0.412. The molecule has 1 N–H and O–H groups in total. The van der Waals surface area contributed by atoms with Crippen molar-refractivity contribution < 1.29 is 0 Å². The summed E-state index contributed by atoms with van der Waals surface area (Å²) in [5.74, 6) is 1.81. The molecule has 0 saturated carbocycles. The van der Waals surface area contributed by atoms with E-state index in [1.807, 2.05) is 45.4 Å². The molecule has 25 heavy (non-hydrogen) atoms. The summed E-state index contributed by atoms with van der Waals surface area (Å²) in [5.41, 5.74) is 2.39. The summed E-state index contributed by atoms with van der Waals surface area (Å²) < 4.78 is 3.20. The molecule has 0 unspecified atom stereocenters. The molecule has 0 saturated heterocycles. The second-order valence-corrected chi connectivity index (χ2v) is 6.85. The third-order valence-electron chi connectivity index (χ3n) is 3.77. The van der Waals surface area contributed by atoms with Crippen LogP contribution in [0.1, 0.15) is 11.3 Å². The molecule has 0 amide bonds. The highest BCUT2D eigenvalue weighted by molar-refractivity contribution is 14.0. The molecule has 2 aromatic heterocycles. The number of guanidine groups is 1. The molecule has 0 fully saturated rings. The van der Waals surface area contributed by atoms with Gasteiger partial charge in [0.05, 0.1) is 6.54 Å². The zero-order valence-corrected chi connectivity index (χ0v) is 19.2. The maximum absolute atomic E-state index is 4.38. The monoisotopic (exact) mass is 520 g/mol. The lowest BCUT2D eigenvalue weighted by molar-refractivity contribution is 0.461. The SMILES string of the molecule is CN=C(NCc1ccnc(N(C)C)c1)N(C)Cc1cc(Br)cn1C.I. The van der Waals surface area contributed by atoms with Crippen molar-refractivity contribution >= 4 is 51.7 Å². The van der Waals surface area contributed by atoms with Gasteiger partial charge in [-0.05, 0) is 39.7 Å². The van der Waals surface area contributed by atoms with Gasteiger partial charge in [-0.25, -0.2) is 4.98 Å². The van der Waals surface area contributed by atoms with Gasteiger partial charge >= 0.3 is 0 Å². The molecule has 0 aliphatic carbocycles. The first-order chi connectivity index (χ1) is 11.4. The van der Waals surface area contributed by atoms with Gasteiger partial charge in [0.1, 0.15) is 5.82 Å². The Balaban J connectivity index is 0.00000312. The van der Waals surface area contributed by atoms with E-state index in [4.69, 9.17) is 0 Å². The number of rotatable bonds is 5. The molecular weight excluding hydrogens is 495 g/mol. The van der Waals surface area contributed by atoms with Crippen molar-refractivity contribution in [2.75, 3.05) is 33.1 Å². The van der Waals surface area contributed by atoms with Crippen LogP contribution < -0.4 is 10.2 Å². The second-order valence-electron chi connectivity index (χ2n) is 5.93. The van der Waals surface area contributed by atoms with Crippen molar-refractivity contribution in [3.8, 4) is 0 Å². The number of hydrogen-bond donors (Lipinski definition) is 1. The van der Waals surface area contributed by atoms with Crippen molar-refractivity contribution in [3.05, 3.63) is 46.3 Å². The Morgan fingerprint density at radius 1 is 1.32 bits per heavy atom. The molecular formula is C17H26BrIN6. The summed E-state index contributed by atoms with van der Waals surface area (Å²) in [6, 6.07) is 6.21. The predicted octanol–water partition coefficient (Wildman–Crippen LogP) is 3.07. The Morgan fingerprint density at radius 2 is 2.04 bits per heavy atom. The average Bonchev–Trinajstić information content (AvgIpc) is 2.85. The molecule has 0 radical (unpaired) electrons. The smallest absolute Gasteiger partial charge is 0.194 e. The van der Waals surface area contributed by atoms with Gasteiger partial charge in [-0.2, -0.15) is 0 Å². The number of nitrogens with zero attached hydrogens (tertiary/aromatic N) is 5. The van der Waals surface area contributed by atoms with Crippen LogP contribution in [0.25, 0.3) is 0 Å². The first kappa shape index (κ1) is 21.8. The van der Waals surface area contributed by atoms with E-state index in [0.29, 0.717) is 6.54 Å². The molecule has 0 aliphatic rings. The summed E-state index contributed by atoms with van der Waals surface area (Å²) >= 11 is 3.51. The summed E-state index contributed by atoms with van der Waals surface area (Å²) in [6.45, 7) is 1.48. The first-order valence-corrected chi connectivity index (χ1v) is 8.54. The number of aromatic nitrogens is 2. The molecule has 2 heterocycles. The second kappa shape index (κ2) is 10.0. The van der Waals surface area contributed by atoms with Crippen molar-refractivity contribution in [2.24, 2.45) is 12.0 Å². The largest absolute Gasteiger partial charge is 0.363 e. The number of hydrogen-bond acceptors (Lipinski definition) is 3. The quantitative estimate of drug-likeness (QED) is 0.374. The fourth-order valence-electron chi connectivity index (χ4n) is 2.42. The highest BCUT2D eigenvalue weighted by atomic mass is 127. The molecule has 0 bridgehead atoms. The molecule has 6 nitrogen and oxygen atoms in total. The van der Waals surface area contributed by atoms with E-state index < -0.39 is 0 Å². The Morgan fingerprint density at radius 3 is 2.60 bits per heavy atom. The fourth-order valence-corrected chi connectivity index (χ4v) is 2.99. The van der Waals surface area contributed by atoms with Crippen LogP contribution in [0.4, 0.5) is 5.82 Å². The maximum Gasteiger partial charge on any atom is 0.194 e. The number of nitrogens with one attached hydrogen (secondary N) is 1. The van der Waals surface area contributed by atoms with Crippen LogP contribution in [-0.4, -0.2) is 48.6 Å². The van der Waals surface area contributed by atoms with E-state index in [1.54, 1.807) is 7.05 Å². The zero-order valence-electron chi connectivity index (χ0n) is 15.3. The Hall–Kier alpha value is -1.29. The number of aliphatic imine (C=N–C) groups is 1. The van der Waals surface area contributed by atoms with Gasteiger partial charge in [0.2, 0.25) is 0 Å². The first-order valence-electron chi connectivity index (χ1n) is 7.75. The number of anilines is 1. The Labute approximate surface area is 175 Å². The lowest BCUT2D eigenvalue weighted by atomic mass is 10.2. The molecule has 2 rings (SSSR count). The van der Waals surface area contributed by atoms with Crippen molar-refractivity contribution in [1.82, 2.24) is 19.8 Å². The molecule has 2 aromatic rings. The van der Waals surface area contributed by atoms with Crippen LogP contribution >= 0.6 is 39.9 Å². The van der Waals surface area contributed by atoms with Gasteiger partial charge in [0.25, 0.3) is 0 Å². The van der Waals surface area contributed by atoms with Gasteiger partial charge in [-0.15, -0.1) is 24.0 Å². The van der Waals surface area contributed by atoms with E-state index in [2.05, 4.69) is 59.0 Å².